The van der Waals surface area contributed by atoms with Crippen molar-refractivity contribution in [2.75, 3.05) is 59.5 Å². The lowest BCUT2D eigenvalue weighted by Gasteiger charge is -2.51. The third kappa shape index (κ3) is 20.2. The zero-order valence-electron chi connectivity index (χ0n) is 60.1. The smallest absolute Gasteiger partial charge is 0.217 e. The molecule has 0 aromatic carbocycles. The first kappa shape index (κ1) is 92.1. The van der Waals surface area contributed by atoms with Gasteiger partial charge in [-0.15, -0.1) is 0 Å². The van der Waals surface area contributed by atoms with Crippen molar-refractivity contribution >= 4 is 23.6 Å². The molecule has 0 radical (unpaired) electrons. The molecule has 1 unspecified atom stereocenters. The van der Waals surface area contributed by atoms with Gasteiger partial charge in [-0.1, -0.05) is 0 Å². The van der Waals surface area contributed by atoms with Crippen molar-refractivity contribution in [1.29, 1.82) is 0 Å². The summed E-state index contributed by atoms with van der Waals surface area (Å²) in [5.74, 6) is -3.53. The van der Waals surface area contributed by atoms with Crippen LogP contribution in [0.2, 0.25) is 0 Å². The number of nitrogens with one attached hydrogen (secondary N) is 4. The maximum Gasteiger partial charge on any atom is 0.217 e. The topological polar surface area (TPSA) is 779 Å². The maximum atomic E-state index is 12.9. The lowest BCUT2D eigenvalue weighted by molar-refractivity contribution is -0.394. The van der Waals surface area contributed by atoms with E-state index < -0.39 is 359 Å². The molecule has 4 amide bonds. The van der Waals surface area contributed by atoms with Crippen LogP contribution >= 0.6 is 0 Å². The minimum Gasteiger partial charge on any atom is -0.394 e. The Kier molecular flexibility index (Phi) is 33.1. The fraction of sp³-hybridized carbons (Fsp3) is 0.935. The summed E-state index contributed by atoms with van der Waals surface area (Å²) < 4.78 is 99.8. The lowest BCUT2D eigenvalue weighted by atomic mass is 9.93. The summed E-state index contributed by atoms with van der Waals surface area (Å²) in [6.07, 6.45) is -83.9. The highest BCUT2D eigenvalue weighted by Crippen LogP contribution is 2.40. The molecule has 0 aromatic heterocycles. The molecule has 50 heteroatoms. The van der Waals surface area contributed by atoms with Crippen LogP contribution in [0.4, 0.5) is 0 Å². The molecule has 0 aromatic rings. The number of aliphatic hydroxyl groups excluding tert-OH is 25. The Balaban J connectivity index is 1.01. The first-order valence-corrected chi connectivity index (χ1v) is 35.6. The van der Waals surface area contributed by atoms with E-state index in [0.717, 1.165) is 27.7 Å². The zero-order valence-corrected chi connectivity index (χ0v) is 60.1. The Morgan fingerprint density at radius 1 is 0.232 bits per heavy atom. The summed E-state index contributed by atoms with van der Waals surface area (Å²) >= 11 is 0. The molecule has 0 aliphatic carbocycles. The van der Waals surface area contributed by atoms with Crippen LogP contribution in [-0.2, 0) is 99.7 Å². The second-order valence-electron chi connectivity index (χ2n) is 28.2. The van der Waals surface area contributed by atoms with Crippen LogP contribution in [0.15, 0.2) is 0 Å². The second-order valence-corrected chi connectivity index (χ2v) is 28.2. The van der Waals surface area contributed by atoms with Crippen molar-refractivity contribution in [1.82, 2.24) is 21.3 Å². The highest BCUT2D eigenvalue weighted by molar-refractivity contribution is 5.74. The first-order valence-electron chi connectivity index (χ1n) is 35.6. The van der Waals surface area contributed by atoms with Gasteiger partial charge in [-0.2, -0.15) is 0 Å². The van der Waals surface area contributed by atoms with Crippen LogP contribution in [0.3, 0.4) is 0 Å². The van der Waals surface area contributed by atoms with E-state index >= 15 is 0 Å². The predicted octanol–water partition coefficient (Wildman–Crippen LogP) is -20.1. The molecule has 0 bridgehead atoms. The molecule has 9 aliphatic rings. The molecule has 9 heterocycles. The Bertz CT molecular complexity index is 2970. The second kappa shape index (κ2) is 40.3. The quantitative estimate of drug-likeness (QED) is 0.0331. The van der Waals surface area contributed by atoms with E-state index in [1.54, 1.807) is 0 Å². The molecular formula is C62H104N4O46. The average molecular weight is 1640 g/mol. The highest BCUT2D eigenvalue weighted by atomic mass is 16.8. The fourth-order valence-electron chi connectivity index (χ4n) is 14.5. The van der Waals surface area contributed by atoms with Gasteiger partial charge in [-0.3, -0.25) is 19.2 Å². The number of rotatable bonds is 29. The minimum absolute atomic E-state index is 0.781. The zero-order chi connectivity index (χ0) is 82.5. The minimum atomic E-state index is -2.52. The van der Waals surface area contributed by atoms with E-state index in [0.29, 0.717) is 0 Å². The van der Waals surface area contributed by atoms with Crippen molar-refractivity contribution in [3.8, 4) is 0 Å². The van der Waals surface area contributed by atoms with Crippen molar-refractivity contribution in [2.45, 2.75) is 304 Å². The van der Waals surface area contributed by atoms with Crippen LogP contribution in [-0.4, -0.2) is 487 Å². The SMILES string of the molecule is CC(=O)N[C@H]1[C@H](O[C@H]2[C@H](O)[C@@H](NC(C)=O)C(O)O[C@@H]2CO)O[C@H](CO)[C@@H](O[C@@H]2O[C@H](CO[C@H]3O[C@H](CO)[C@@H](O)[C@H](O)[C@@H]3O[C@@H]3O[C@H](CO)[C@@H](O[C@@H]4O[C@H](CO)[C@H](O)[C@H](O)[C@H]4O)[C@H](O)[C@H]3NC(C)=O)[C@@H](O)[C@H](O[C@H]3O[C@H](CO)[C@@H](O[C@@H]4O[C@H](CO)[C@@H](O[C@@H]5O[C@H](CO)[C@H](O)[C@H](O)[C@H]5O)[C@H](O)[C@H]4NC(C)=O)[C@H](O)[C@@H]3O)[C@@H]2O)[C@@H]1O. The Hall–Kier alpha value is -3.80. The summed E-state index contributed by atoms with van der Waals surface area (Å²) in [5, 5.41) is 286. The van der Waals surface area contributed by atoms with E-state index in [9.17, 15) is 147 Å². The molecule has 50 nitrogen and oxygen atoms in total. The molecule has 29 N–H and O–H groups in total. The highest BCUT2D eigenvalue weighted by Gasteiger charge is 2.61. The van der Waals surface area contributed by atoms with Gasteiger partial charge in [0, 0.05) is 27.7 Å². The van der Waals surface area contributed by atoms with Crippen LogP contribution < -0.4 is 21.3 Å². The van der Waals surface area contributed by atoms with Crippen molar-refractivity contribution < 1.29 is 227 Å². The summed E-state index contributed by atoms with van der Waals surface area (Å²) in [5.41, 5.74) is 0. The van der Waals surface area contributed by atoms with Gasteiger partial charge in [0.15, 0.2) is 56.6 Å². The molecule has 9 saturated heterocycles. The number of ether oxygens (including phenoxy) is 17. The van der Waals surface area contributed by atoms with Crippen molar-refractivity contribution in [3.05, 3.63) is 0 Å². The third-order valence-corrected chi connectivity index (χ3v) is 20.4. The van der Waals surface area contributed by atoms with Crippen molar-refractivity contribution in [2.24, 2.45) is 0 Å². The Morgan fingerprint density at radius 2 is 0.473 bits per heavy atom. The van der Waals surface area contributed by atoms with Crippen LogP contribution in [0.25, 0.3) is 0 Å². The van der Waals surface area contributed by atoms with E-state index in [-0.39, 0.29) is 0 Å². The molecule has 648 valence electrons. The van der Waals surface area contributed by atoms with Gasteiger partial charge in [0.2, 0.25) is 23.6 Å². The summed E-state index contributed by atoms with van der Waals surface area (Å²) in [6, 6.07) is -7.26. The summed E-state index contributed by atoms with van der Waals surface area (Å²) in [7, 11) is 0. The average Bonchev–Trinajstić information content (AvgIpc) is 0.769. The van der Waals surface area contributed by atoms with Crippen LogP contribution in [0, 0.1) is 0 Å². The summed E-state index contributed by atoms with van der Waals surface area (Å²) in [6.45, 7) is -5.81. The first-order chi connectivity index (χ1) is 53.0. The number of amides is 4. The van der Waals surface area contributed by atoms with E-state index in [1.807, 2.05) is 0 Å². The molecule has 9 rings (SSSR count). The standard InChI is InChI=1S/C62H104N4O46/c1-14(75)63-27-35(83)47(21(8-70)97-54(27)95)106-55-28(64-15(2)76)37(85)50(24(11-73)101-55)110-61-46(94)52(111-60-45(93)42(90)51(25(12-74)104-60)107-56-29(65-16(3)77)36(84)48(22(9-71)102-56)108-58-43(91)39(87)31(79)18(5-67)98-58)34(82)26(105-61)13-96-62-53(41(89)33(81)20(7-69)100-62)112-57-30(66-17(4)78)38(86)49(23(10-72)103-57)109-59-44(92)40(88)32(80)19(6-68)99-59/h18-62,67-74,79-95H,5-13H2,1-4H3,(H,63,75)(H,64,76)(H,65,77)(H,66,78)/t18-,19-,20-,21-,22-,23-,24-,25-,26-,27-,28-,29-,30-,31+,32+,33-,34-,35-,36-,37-,38-,39+,40+,41+,42-,43-,44-,45+,46+,47-,48-,49-,50-,51-,52+,53+,54?,55+,56+,57+,58+,59+,60-,61+,62+/m1/s1. The normalized spacial score (nSPS) is 48.9. The number of carbonyl (C=O) groups is 4. The molecule has 0 saturated carbocycles. The maximum absolute atomic E-state index is 12.9. The number of aliphatic hydroxyl groups is 25. The molecule has 9 aliphatic heterocycles. The molecule has 9 fully saturated rings. The largest absolute Gasteiger partial charge is 0.394 e. The van der Waals surface area contributed by atoms with Crippen LogP contribution in [0.5, 0.6) is 0 Å². The van der Waals surface area contributed by atoms with Gasteiger partial charge in [0.25, 0.3) is 0 Å². The van der Waals surface area contributed by atoms with Gasteiger partial charge in [0.05, 0.1) is 59.5 Å². The lowest BCUT2D eigenvalue weighted by Crippen LogP contribution is -2.70. The molecule has 112 heavy (non-hydrogen) atoms. The number of hydrogen-bond acceptors (Lipinski definition) is 46. The van der Waals surface area contributed by atoms with Gasteiger partial charge in [-0.25, -0.2) is 0 Å². The van der Waals surface area contributed by atoms with E-state index in [2.05, 4.69) is 21.3 Å². The van der Waals surface area contributed by atoms with Crippen molar-refractivity contribution in [3.63, 3.8) is 0 Å². The Morgan fingerprint density at radius 3 is 0.830 bits per heavy atom. The predicted molar refractivity (Wildman–Crippen MR) is 343 cm³/mol. The van der Waals surface area contributed by atoms with E-state index in [1.165, 1.54) is 0 Å². The molecule has 45 atom stereocenters. The summed E-state index contributed by atoms with van der Waals surface area (Å²) in [4.78, 5) is 50.6. The fourth-order valence-corrected chi connectivity index (χ4v) is 14.5. The van der Waals surface area contributed by atoms with E-state index in [4.69, 9.17) is 80.5 Å². The molecular weight excluding hydrogens is 1540 g/mol. The third-order valence-electron chi connectivity index (χ3n) is 20.4. The van der Waals surface area contributed by atoms with Crippen LogP contribution in [0.1, 0.15) is 27.7 Å². The van der Waals surface area contributed by atoms with Gasteiger partial charge >= 0.3 is 0 Å². The van der Waals surface area contributed by atoms with Gasteiger partial charge < -0.3 is 229 Å². The number of carbonyl (C=O) groups excluding carboxylic acids is 4. The van der Waals surface area contributed by atoms with Gasteiger partial charge in [-0.05, 0) is 0 Å². The Labute approximate surface area is 634 Å². The number of hydrogen-bond donors (Lipinski definition) is 29. The van der Waals surface area contributed by atoms with Gasteiger partial charge in [0.1, 0.15) is 219 Å². The molecule has 0 spiro atoms. The monoisotopic (exact) mass is 1640 g/mol.